The van der Waals surface area contributed by atoms with E-state index in [0.29, 0.717) is 49.5 Å². The van der Waals surface area contributed by atoms with E-state index in [1.807, 2.05) is 41.3 Å². The fourth-order valence-electron chi connectivity index (χ4n) is 3.20. The molecule has 2 aromatic carbocycles. The van der Waals surface area contributed by atoms with Gasteiger partial charge in [0, 0.05) is 13.1 Å². The minimum atomic E-state index is -0.587. The molecule has 3 aromatic rings. The van der Waals surface area contributed by atoms with Crippen LogP contribution in [0.2, 0.25) is 0 Å². The van der Waals surface area contributed by atoms with Crippen LogP contribution in [-0.2, 0) is 4.74 Å². The number of ether oxygens (including phenoxy) is 2. The van der Waals surface area contributed by atoms with Crippen LogP contribution < -0.4 is 15.0 Å². The monoisotopic (exact) mass is 394 g/mol. The molecule has 0 spiro atoms. The van der Waals surface area contributed by atoms with E-state index in [0.717, 1.165) is 5.56 Å². The van der Waals surface area contributed by atoms with Gasteiger partial charge in [0.2, 0.25) is 5.89 Å². The van der Waals surface area contributed by atoms with Gasteiger partial charge in [-0.1, -0.05) is 47.6 Å². The van der Waals surface area contributed by atoms with Gasteiger partial charge in [-0.2, -0.15) is 0 Å². The molecular formula is C21H22N4O4. The predicted molar refractivity (Wildman–Crippen MR) is 106 cm³/mol. The fraction of sp³-hybridized carbons (Fsp3) is 0.286. The number of rotatable bonds is 6. The van der Waals surface area contributed by atoms with Crippen molar-refractivity contribution in [2.24, 2.45) is 0 Å². The van der Waals surface area contributed by atoms with Gasteiger partial charge in [0.15, 0.2) is 0 Å². The first-order valence-corrected chi connectivity index (χ1v) is 9.41. The minimum Gasteiger partial charge on any atom is -0.496 e. The molecule has 0 bridgehead atoms. The maximum atomic E-state index is 13.0. The van der Waals surface area contributed by atoms with Gasteiger partial charge < -0.3 is 24.1 Å². The Morgan fingerprint density at radius 1 is 1.07 bits per heavy atom. The Balaban J connectivity index is 1.62. The molecule has 1 aromatic heterocycles. The first-order chi connectivity index (χ1) is 14.3. The summed E-state index contributed by atoms with van der Waals surface area (Å²) in [5.74, 6) is 0.528. The molecule has 0 radical (unpaired) electrons. The molecule has 29 heavy (non-hydrogen) atoms. The molecule has 1 aliphatic heterocycles. The number of carbonyl (C=O) groups excluding carboxylic acids is 1. The molecular weight excluding hydrogens is 372 g/mol. The molecule has 2 heterocycles. The molecule has 0 unspecified atom stereocenters. The van der Waals surface area contributed by atoms with Crippen LogP contribution in [-0.4, -0.2) is 49.5 Å². The molecule has 8 heteroatoms. The standard InChI is InChI=1S/C21H22N4O4/c1-27-17-10-6-5-9-16(17)19(26)22-18(15-7-3-2-4-8-15)20-23-24-21(29-20)25-11-13-28-14-12-25/h2-10,18H,11-14H2,1H3,(H,22,26)/t18-/m1/s1. The highest BCUT2D eigenvalue weighted by Crippen LogP contribution is 2.26. The topological polar surface area (TPSA) is 89.7 Å². The van der Waals surface area contributed by atoms with Crippen molar-refractivity contribution < 1.29 is 18.7 Å². The van der Waals surface area contributed by atoms with E-state index in [-0.39, 0.29) is 5.91 Å². The maximum Gasteiger partial charge on any atom is 0.318 e. The van der Waals surface area contributed by atoms with Crippen LogP contribution in [0.5, 0.6) is 5.75 Å². The average Bonchev–Trinajstić information content (AvgIpc) is 3.28. The molecule has 0 saturated carbocycles. The molecule has 1 aliphatic rings. The van der Waals surface area contributed by atoms with Crippen LogP contribution >= 0.6 is 0 Å². The molecule has 1 saturated heterocycles. The number of methoxy groups -OCH3 is 1. The van der Waals surface area contributed by atoms with Crippen LogP contribution in [0.1, 0.15) is 27.9 Å². The van der Waals surface area contributed by atoms with Gasteiger partial charge in [0.1, 0.15) is 11.8 Å². The number of hydrogen-bond donors (Lipinski definition) is 1. The minimum absolute atomic E-state index is 0.289. The van der Waals surface area contributed by atoms with Gasteiger partial charge in [-0.05, 0) is 17.7 Å². The zero-order chi connectivity index (χ0) is 20.1. The normalized spacial score (nSPS) is 15.0. The third-order valence-electron chi connectivity index (χ3n) is 4.72. The summed E-state index contributed by atoms with van der Waals surface area (Å²) in [6.07, 6.45) is 0. The van der Waals surface area contributed by atoms with Gasteiger partial charge in [-0.15, -0.1) is 5.10 Å². The van der Waals surface area contributed by atoms with E-state index in [4.69, 9.17) is 13.9 Å². The van der Waals surface area contributed by atoms with Crippen molar-refractivity contribution in [1.29, 1.82) is 0 Å². The lowest BCUT2D eigenvalue weighted by molar-refractivity contribution is 0.0934. The Hall–Kier alpha value is -3.39. The zero-order valence-electron chi connectivity index (χ0n) is 16.1. The van der Waals surface area contributed by atoms with Crippen LogP contribution in [0, 0.1) is 0 Å². The van der Waals surface area contributed by atoms with Crippen LogP contribution in [0.15, 0.2) is 59.0 Å². The van der Waals surface area contributed by atoms with Gasteiger partial charge in [0.05, 0.1) is 25.9 Å². The van der Waals surface area contributed by atoms with Crippen molar-refractivity contribution >= 4 is 11.9 Å². The smallest absolute Gasteiger partial charge is 0.318 e. The Kier molecular flexibility index (Phi) is 5.71. The molecule has 150 valence electrons. The molecule has 0 aliphatic carbocycles. The lowest BCUT2D eigenvalue weighted by Gasteiger charge is -2.24. The average molecular weight is 394 g/mol. The summed E-state index contributed by atoms with van der Waals surface area (Å²) in [5, 5.41) is 11.4. The molecule has 1 amide bonds. The fourth-order valence-corrected chi connectivity index (χ4v) is 3.20. The summed E-state index contributed by atoms with van der Waals surface area (Å²) in [5.41, 5.74) is 1.27. The van der Waals surface area contributed by atoms with Crippen LogP contribution in [0.4, 0.5) is 6.01 Å². The summed E-state index contributed by atoms with van der Waals surface area (Å²) in [6.45, 7) is 2.60. The number of carbonyl (C=O) groups is 1. The van der Waals surface area contributed by atoms with Crippen LogP contribution in [0.25, 0.3) is 0 Å². The molecule has 1 fully saturated rings. The number of amides is 1. The van der Waals surface area contributed by atoms with E-state index < -0.39 is 6.04 Å². The highest BCUT2D eigenvalue weighted by atomic mass is 16.5. The second-order valence-corrected chi connectivity index (χ2v) is 6.54. The van der Waals surface area contributed by atoms with Crippen molar-refractivity contribution in [2.45, 2.75) is 6.04 Å². The van der Waals surface area contributed by atoms with Crippen molar-refractivity contribution in [3.63, 3.8) is 0 Å². The van der Waals surface area contributed by atoms with Gasteiger partial charge in [-0.3, -0.25) is 4.79 Å². The predicted octanol–water partition coefficient (Wildman–Crippen LogP) is 2.43. The highest BCUT2D eigenvalue weighted by Gasteiger charge is 2.26. The van der Waals surface area contributed by atoms with E-state index in [2.05, 4.69) is 15.5 Å². The van der Waals surface area contributed by atoms with Gasteiger partial charge >= 0.3 is 6.01 Å². The first kappa shape index (κ1) is 18.9. The van der Waals surface area contributed by atoms with E-state index in [9.17, 15) is 4.79 Å². The molecule has 8 nitrogen and oxygen atoms in total. The summed E-state index contributed by atoms with van der Waals surface area (Å²) < 4.78 is 16.6. The molecule has 1 atom stereocenters. The van der Waals surface area contributed by atoms with Crippen molar-refractivity contribution in [1.82, 2.24) is 15.5 Å². The van der Waals surface area contributed by atoms with E-state index >= 15 is 0 Å². The summed E-state index contributed by atoms with van der Waals surface area (Å²) in [6, 6.07) is 16.4. The Morgan fingerprint density at radius 2 is 1.79 bits per heavy atom. The number of hydrogen-bond acceptors (Lipinski definition) is 7. The van der Waals surface area contributed by atoms with Crippen molar-refractivity contribution in [3.8, 4) is 5.75 Å². The number of benzene rings is 2. The van der Waals surface area contributed by atoms with Gasteiger partial charge in [0.25, 0.3) is 5.91 Å². The van der Waals surface area contributed by atoms with Crippen molar-refractivity contribution in [3.05, 3.63) is 71.6 Å². The molecule has 4 rings (SSSR count). The SMILES string of the molecule is COc1ccccc1C(=O)N[C@H](c1ccccc1)c1nnc(N2CCOCC2)o1. The van der Waals surface area contributed by atoms with E-state index in [1.54, 1.807) is 18.2 Å². The Bertz CT molecular complexity index is 954. The van der Waals surface area contributed by atoms with E-state index in [1.165, 1.54) is 7.11 Å². The number of morpholine rings is 1. The first-order valence-electron chi connectivity index (χ1n) is 9.41. The lowest BCUT2D eigenvalue weighted by atomic mass is 10.1. The number of nitrogens with zero attached hydrogens (tertiary/aromatic N) is 3. The number of aromatic nitrogens is 2. The third kappa shape index (κ3) is 4.22. The third-order valence-corrected chi connectivity index (χ3v) is 4.72. The zero-order valence-corrected chi connectivity index (χ0v) is 16.1. The number of para-hydroxylation sites is 1. The highest BCUT2D eigenvalue weighted by molar-refractivity contribution is 5.97. The Labute approximate surface area is 168 Å². The molecule has 1 N–H and O–H groups in total. The second-order valence-electron chi connectivity index (χ2n) is 6.54. The Morgan fingerprint density at radius 3 is 2.55 bits per heavy atom. The number of anilines is 1. The lowest BCUT2D eigenvalue weighted by Crippen LogP contribution is -2.36. The summed E-state index contributed by atoms with van der Waals surface area (Å²) in [7, 11) is 1.54. The second kappa shape index (κ2) is 8.74. The summed E-state index contributed by atoms with van der Waals surface area (Å²) in [4.78, 5) is 15.0. The van der Waals surface area contributed by atoms with Gasteiger partial charge in [-0.25, -0.2) is 0 Å². The van der Waals surface area contributed by atoms with Crippen molar-refractivity contribution in [2.75, 3.05) is 38.3 Å². The number of nitrogens with one attached hydrogen (secondary N) is 1. The van der Waals surface area contributed by atoms with Crippen LogP contribution in [0.3, 0.4) is 0 Å². The quantitative estimate of drug-likeness (QED) is 0.687. The summed E-state index contributed by atoms with van der Waals surface area (Å²) >= 11 is 0. The largest absolute Gasteiger partial charge is 0.496 e. The maximum absolute atomic E-state index is 13.0.